The second kappa shape index (κ2) is 8.81. The summed E-state index contributed by atoms with van der Waals surface area (Å²) in [5.41, 5.74) is 7.43. The molecule has 158 valence electrons. The van der Waals surface area contributed by atoms with Crippen molar-refractivity contribution >= 4 is 16.7 Å². The van der Waals surface area contributed by atoms with Gasteiger partial charge in [0.25, 0.3) is 0 Å². The second-order valence-corrected chi connectivity index (χ2v) is 7.33. The van der Waals surface area contributed by atoms with Crippen molar-refractivity contribution in [3.8, 4) is 17.2 Å². The molecule has 3 aromatic rings. The highest BCUT2D eigenvalue weighted by atomic mass is 16.5. The summed E-state index contributed by atoms with van der Waals surface area (Å²) in [6, 6.07) is 7.36. The average molecular weight is 409 g/mol. The van der Waals surface area contributed by atoms with Gasteiger partial charge in [-0.2, -0.15) is 0 Å². The summed E-state index contributed by atoms with van der Waals surface area (Å²) in [6.45, 7) is 7.03. The molecule has 8 nitrogen and oxygen atoms in total. The van der Waals surface area contributed by atoms with Crippen LogP contribution in [0.5, 0.6) is 5.75 Å². The number of rotatable bonds is 6. The van der Waals surface area contributed by atoms with Gasteiger partial charge in [-0.05, 0) is 30.2 Å². The molecule has 3 heterocycles. The molecule has 1 aromatic carbocycles. The number of benzene rings is 1. The molecule has 1 aliphatic heterocycles. The number of hydrogen-bond acceptors (Lipinski definition) is 8. The van der Waals surface area contributed by atoms with E-state index in [2.05, 4.69) is 19.8 Å². The molecule has 2 aromatic heterocycles. The van der Waals surface area contributed by atoms with E-state index in [0.29, 0.717) is 35.2 Å². The molecule has 0 saturated carbocycles. The molecule has 0 radical (unpaired) electrons. The van der Waals surface area contributed by atoms with Gasteiger partial charge < -0.3 is 19.8 Å². The van der Waals surface area contributed by atoms with Crippen LogP contribution in [0.3, 0.4) is 0 Å². The molecule has 2 N–H and O–H groups in total. The highest BCUT2D eigenvalue weighted by molar-refractivity contribution is 5.84. The molecular weight excluding hydrogens is 382 g/mol. The zero-order valence-corrected chi connectivity index (χ0v) is 17.4. The number of aryl methyl sites for hydroxylation is 1. The molecule has 30 heavy (non-hydrogen) atoms. The fourth-order valence-corrected chi connectivity index (χ4v) is 3.95. The molecule has 0 bridgehead atoms. The number of anilines is 1. The van der Waals surface area contributed by atoms with Gasteiger partial charge in [-0.15, -0.1) is 0 Å². The van der Waals surface area contributed by atoms with Crippen LogP contribution in [0.4, 0.5) is 5.82 Å². The van der Waals surface area contributed by atoms with Gasteiger partial charge in [-0.25, -0.2) is 14.8 Å². The monoisotopic (exact) mass is 409 g/mol. The zero-order chi connectivity index (χ0) is 21.1. The lowest BCUT2D eigenvalue weighted by atomic mass is 10.1. The summed E-state index contributed by atoms with van der Waals surface area (Å²) in [5, 5.41) is 0.503. The summed E-state index contributed by atoms with van der Waals surface area (Å²) < 4.78 is 11.1. The highest BCUT2D eigenvalue weighted by Gasteiger charge is 2.22. The Bertz CT molecular complexity index is 1090. The Balaban J connectivity index is 1.76. The molecule has 1 saturated heterocycles. The van der Waals surface area contributed by atoms with Gasteiger partial charge in [0, 0.05) is 51.5 Å². The largest absolute Gasteiger partial charge is 0.497 e. The maximum Gasteiger partial charge on any atom is 0.347 e. The predicted octanol–water partition coefficient (Wildman–Crippen LogP) is 1.90. The van der Waals surface area contributed by atoms with Crippen LogP contribution in [0.2, 0.25) is 0 Å². The Kier molecular flexibility index (Phi) is 5.96. The first-order valence-corrected chi connectivity index (χ1v) is 10.3. The molecular formula is C22H27N5O3. The van der Waals surface area contributed by atoms with Gasteiger partial charge in [0.05, 0.1) is 23.6 Å². The lowest BCUT2D eigenvalue weighted by Crippen LogP contribution is -2.48. The SMILES string of the molecule is CCc1cc(OC)cc2nc(-c3cccnc3N3CCN(CCN)CC3)oc(=O)c12. The van der Waals surface area contributed by atoms with Crippen LogP contribution in [0.25, 0.3) is 22.4 Å². The van der Waals surface area contributed by atoms with Crippen LogP contribution in [0.15, 0.2) is 39.7 Å². The normalized spacial score (nSPS) is 15.0. The number of nitrogens with two attached hydrogens (primary N) is 1. The van der Waals surface area contributed by atoms with Crippen molar-refractivity contribution in [2.45, 2.75) is 13.3 Å². The lowest BCUT2D eigenvalue weighted by Gasteiger charge is -2.35. The number of fused-ring (bicyclic) bond motifs is 1. The number of piperazine rings is 1. The van der Waals surface area contributed by atoms with E-state index in [-0.39, 0.29) is 5.89 Å². The van der Waals surface area contributed by atoms with Crippen LogP contribution < -0.4 is 21.0 Å². The number of ether oxygens (including phenoxy) is 1. The van der Waals surface area contributed by atoms with Crippen molar-refractivity contribution in [2.75, 3.05) is 51.3 Å². The third-order valence-electron chi connectivity index (χ3n) is 5.54. The van der Waals surface area contributed by atoms with E-state index in [0.717, 1.165) is 44.1 Å². The van der Waals surface area contributed by atoms with Crippen molar-refractivity contribution in [2.24, 2.45) is 5.73 Å². The molecule has 1 aliphatic rings. The van der Waals surface area contributed by atoms with Crippen LogP contribution in [0, 0.1) is 0 Å². The van der Waals surface area contributed by atoms with Gasteiger partial charge >= 0.3 is 5.63 Å². The van der Waals surface area contributed by atoms with Crippen molar-refractivity contribution < 1.29 is 9.15 Å². The molecule has 0 amide bonds. The quantitative estimate of drug-likeness (QED) is 0.659. The molecule has 1 fully saturated rings. The Morgan fingerprint density at radius 3 is 2.73 bits per heavy atom. The predicted molar refractivity (Wildman–Crippen MR) is 117 cm³/mol. The number of nitrogens with zero attached hydrogens (tertiary/aromatic N) is 4. The van der Waals surface area contributed by atoms with Gasteiger partial charge in [-0.1, -0.05) is 6.92 Å². The number of hydrogen-bond donors (Lipinski definition) is 1. The smallest absolute Gasteiger partial charge is 0.347 e. The Morgan fingerprint density at radius 1 is 1.23 bits per heavy atom. The van der Waals surface area contributed by atoms with Crippen LogP contribution in [-0.2, 0) is 6.42 Å². The maximum absolute atomic E-state index is 12.9. The van der Waals surface area contributed by atoms with Gasteiger partial charge in [-0.3, -0.25) is 4.90 Å². The van der Waals surface area contributed by atoms with Crippen LogP contribution >= 0.6 is 0 Å². The third kappa shape index (κ3) is 3.88. The first-order valence-electron chi connectivity index (χ1n) is 10.3. The second-order valence-electron chi connectivity index (χ2n) is 7.33. The number of aromatic nitrogens is 2. The summed E-state index contributed by atoms with van der Waals surface area (Å²) in [7, 11) is 1.61. The molecule has 8 heteroatoms. The van der Waals surface area contributed by atoms with E-state index < -0.39 is 5.63 Å². The third-order valence-corrected chi connectivity index (χ3v) is 5.54. The summed E-state index contributed by atoms with van der Waals surface area (Å²) >= 11 is 0. The van der Waals surface area contributed by atoms with Crippen molar-refractivity contribution in [3.05, 3.63) is 46.4 Å². The topological polar surface area (TPSA) is 97.7 Å². The van der Waals surface area contributed by atoms with E-state index >= 15 is 0 Å². The maximum atomic E-state index is 12.9. The first kappa shape index (κ1) is 20.3. The lowest BCUT2D eigenvalue weighted by molar-refractivity contribution is 0.264. The molecule has 0 atom stereocenters. The Labute approximate surface area is 175 Å². The van der Waals surface area contributed by atoms with E-state index in [4.69, 9.17) is 14.9 Å². The highest BCUT2D eigenvalue weighted by Crippen LogP contribution is 2.30. The standard InChI is InChI=1S/C22H27N5O3/c1-3-15-13-16(29-2)14-18-19(15)22(28)30-21(25-18)17-5-4-7-24-20(17)27-11-9-26(8-6-23)10-12-27/h4-5,7,13-14H,3,6,8-12,23H2,1-2H3. The van der Waals surface area contributed by atoms with Gasteiger partial charge in [0.1, 0.15) is 11.6 Å². The van der Waals surface area contributed by atoms with E-state index in [1.165, 1.54) is 0 Å². The fourth-order valence-electron chi connectivity index (χ4n) is 3.95. The molecule has 0 unspecified atom stereocenters. The van der Waals surface area contributed by atoms with E-state index in [1.54, 1.807) is 19.4 Å². The van der Waals surface area contributed by atoms with Crippen molar-refractivity contribution in [3.63, 3.8) is 0 Å². The van der Waals surface area contributed by atoms with Crippen molar-refractivity contribution in [1.29, 1.82) is 0 Å². The van der Waals surface area contributed by atoms with E-state index in [9.17, 15) is 4.79 Å². The summed E-state index contributed by atoms with van der Waals surface area (Å²) in [4.78, 5) is 26.7. The minimum absolute atomic E-state index is 0.273. The van der Waals surface area contributed by atoms with Crippen LogP contribution in [-0.4, -0.2) is 61.2 Å². The van der Waals surface area contributed by atoms with E-state index in [1.807, 2.05) is 25.1 Å². The summed E-state index contributed by atoms with van der Waals surface area (Å²) in [5.74, 6) is 1.72. The molecule has 0 spiro atoms. The Hall–Kier alpha value is -2.97. The first-order chi connectivity index (χ1) is 14.6. The number of pyridine rings is 1. The van der Waals surface area contributed by atoms with Gasteiger partial charge in [0.2, 0.25) is 5.89 Å². The fraction of sp³-hybridized carbons (Fsp3) is 0.409. The zero-order valence-electron chi connectivity index (χ0n) is 17.4. The Morgan fingerprint density at radius 2 is 2.03 bits per heavy atom. The minimum atomic E-state index is -0.392. The molecule has 0 aliphatic carbocycles. The minimum Gasteiger partial charge on any atom is -0.497 e. The molecule has 4 rings (SSSR count). The number of methoxy groups -OCH3 is 1. The van der Waals surface area contributed by atoms with Crippen LogP contribution in [0.1, 0.15) is 12.5 Å². The average Bonchev–Trinajstić information content (AvgIpc) is 2.78. The van der Waals surface area contributed by atoms with Crippen molar-refractivity contribution in [1.82, 2.24) is 14.9 Å². The van der Waals surface area contributed by atoms with Gasteiger partial charge in [0.15, 0.2) is 0 Å². The summed E-state index contributed by atoms with van der Waals surface area (Å²) in [6.07, 6.45) is 2.44.